The normalized spacial score (nSPS) is 22.3. The summed E-state index contributed by atoms with van der Waals surface area (Å²) in [6, 6.07) is 5.78. The van der Waals surface area contributed by atoms with Gasteiger partial charge in [-0.1, -0.05) is 11.6 Å². The smallest absolute Gasteiger partial charge is 0.301 e. The number of ether oxygens (including phenoxy) is 1. The number of anilines is 4. The van der Waals surface area contributed by atoms with Gasteiger partial charge in [-0.2, -0.15) is 0 Å². The second-order valence-electron chi connectivity index (χ2n) is 10.3. The van der Waals surface area contributed by atoms with Crippen molar-refractivity contribution in [3.8, 4) is 5.75 Å². The van der Waals surface area contributed by atoms with Gasteiger partial charge in [-0.25, -0.2) is 22.5 Å². The van der Waals surface area contributed by atoms with Crippen LogP contribution in [-0.4, -0.2) is 47.1 Å². The molecule has 0 radical (unpaired) electrons. The predicted molar refractivity (Wildman–Crippen MR) is 139 cm³/mol. The van der Waals surface area contributed by atoms with Crippen molar-refractivity contribution < 1.29 is 22.3 Å². The molecule has 0 bridgehead atoms. The minimum absolute atomic E-state index is 0.133. The van der Waals surface area contributed by atoms with Crippen molar-refractivity contribution in [3.05, 3.63) is 45.8 Å². The van der Waals surface area contributed by atoms with Crippen LogP contribution >= 0.6 is 11.6 Å². The van der Waals surface area contributed by atoms with Gasteiger partial charge in [-0.05, 0) is 37.0 Å². The fourth-order valence-electron chi connectivity index (χ4n) is 5.20. The molecule has 2 aromatic heterocycles. The van der Waals surface area contributed by atoms with Crippen LogP contribution in [0.2, 0.25) is 5.02 Å². The van der Waals surface area contributed by atoms with Crippen molar-refractivity contribution >= 4 is 45.4 Å². The lowest BCUT2D eigenvalue weighted by molar-refractivity contribution is -0.0579. The first kappa shape index (κ1) is 25.1. The van der Waals surface area contributed by atoms with E-state index in [1.165, 1.54) is 10.8 Å². The maximum Gasteiger partial charge on any atom is 0.301 e. The molecule has 0 unspecified atom stereocenters. The molecule has 1 atom stereocenters. The number of benzene rings is 1. The van der Waals surface area contributed by atoms with Gasteiger partial charge in [0.1, 0.15) is 5.82 Å². The molecule has 7 nitrogen and oxygen atoms in total. The highest BCUT2D eigenvalue weighted by Crippen LogP contribution is 2.45. The zero-order chi connectivity index (χ0) is 26.8. The lowest BCUT2D eigenvalue weighted by Crippen LogP contribution is -2.44. The van der Waals surface area contributed by atoms with E-state index >= 15 is 0 Å². The van der Waals surface area contributed by atoms with E-state index in [0.717, 1.165) is 0 Å². The Hall–Kier alpha value is -3.21. The van der Waals surface area contributed by atoms with E-state index in [4.69, 9.17) is 16.3 Å². The van der Waals surface area contributed by atoms with Gasteiger partial charge in [0.15, 0.2) is 6.61 Å². The van der Waals surface area contributed by atoms with Gasteiger partial charge in [0.25, 0.3) is 11.5 Å². The highest BCUT2D eigenvalue weighted by molar-refractivity contribution is 6.33. The standard InChI is InChI=1S/C26H26ClF4N5O2/c1-35-19-5-4-15(33-18-11-20(32-12-17(18)27)36-8-6-25(28,29)7-9-36)10-16(19)21-22(24(35)37)38-13-26(30,31)23(34-21)14-2-3-14/h4-5,10-12,14,23,34H,2-3,6-9,13H2,1H3,(H,32,33)/t23-/m0/s1. The number of nitrogens with one attached hydrogen (secondary N) is 2. The summed E-state index contributed by atoms with van der Waals surface area (Å²) in [5.41, 5.74) is 1.39. The minimum atomic E-state index is -3.13. The van der Waals surface area contributed by atoms with E-state index in [1.54, 1.807) is 36.2 Å². The molecular formula is C26H26ClF4N5O2. The fourth-order valence-corrected chi connectivity index (χ4v) is 5.35. The molecule has 2 N–H and O–H groups in total. The molecule has 1 aliphatic carbocycles. The van der Waals surface area contributed by atoms with Crippen LogP contribution in [0, 0.1) is 5.92 Å². The van der Waals surface area contributed by atoms with Crippen molar-refractivity contribution in [3.63, 3.8) is 0 Å². The van der Waals surface area contributed by atoms with E-state index in [0.29, 0.717) is 46.0 Å². The first-order chi connectivity index (χ1) is 18.0. The molecule has 202 valence electrons. The minimum Gasteiger partial charge on any atom is -0.480 e. The quantitative estimate of drug-likeness (QED) is 0.400. The molecule has 1 saturated heterocycles. The molecule has 0 amide bonds. The lowest BCUT2D eigenvalue weighted by atomic mass is 10.0. The SMILES string of the molecule is Cn1c(=O)c2c(c3cc(Nc4cc(N5CCC(F)(F)CC5)ncc4Cl)ccc31)N[C@@H](C1CC1)C(F)(F)CO2. The van der Waals surface area contributed by atoms with Gasteiger partial charge in [0.2, 0.25) is 5.75 Å². The maximum absolute atomic E-state index is 14.9. The first-order valence-electron chi connectivity index (χ1n) is 12.5. The van der Waals surface area contributed by atoms with E-state index in [9.17, 15) is 22.4 Å². The zero-order valence-electron chi connectivity index (χ0n) is 20.5. The average molecular weight is 552 g/mol. The van der Waals surface area contributed by atoms with E-state index < -0.39 is 30.1 Å². The number of alkyl halides is 4. The van der Waals surface area contributed by atoms with Crippen molar-refractivity contribution in [2.24, 2.45) is 13.0 Å². The van der Waals surface area contributed by atoms with Crippen molar-refractivity contribution in [2.75, 3.05) is 35.2 Å². The first-order valence-corrected chi connectivity index (χ1v) is 12.9. The van der Waals surface area contributed by atoms with Crippen molar-refractivity contribution in [1.29, 1.82) is 0 Å². The third-order valence-electron chi connectivity index (χ3n) is 7.55. The van der Waals surface area contributed by atoms with E-state index in [1.807, 2.05) is 0 Å². The summed E-state index contributed by atoms with van der Waals surface area (Å²) in [7, 11) is 1.57. The largest absolute Gasteiger partial charge is 0.480 e. The summed E-state index contributed by atoms with van der Waals surface area (Å²) >= 11 is 6.40. The summed E-state index contributed by atoms with van der Waals surface area (Å²) in [5, 5.41) is 7.06. The number of piperidine rings is 1. The van der Waals surface area contributed by atoms with Crippen LogP contribution in [-0.2, 0) is 7.05 Å². The van der Waals surface area contributed by atoms with Crippen LogP contribution < -0.4 is 25.8 Å². The van der Waals surface area contributed by atoms with Gasteiger partial charge >= 0.3 is 5.92 Å². The number of pyridine rings is 2. The zero-order valence-corrected chi connectivity index (χ0v) is 21.3. The van der Waals surface area contributed by atoms with E-state index in [2.05, 4.69) is 15.6 Å². The summed E-state index contributed by atoms with van der Waals surface area (Å²) in [5.74, 6) is -5.61. The van der Waals surface area contributed by atoms with Crippen LogP contribution in [0.4, 0.5) is 40.4 Å². The second kappa shape index (κ2) is 8.93. The Kier molecular flexibility index (Phi) is 5.89. The third kappa shape index (κ3) is 4.50. The number of aryl methyl sites for hydroxylation is 1. The van der Waals surface area contributed by atoms with Gasteiger partial charge in [-0.15, -0.1) is 0 Å². The number of hydrogen-bond donors (Lipinski definition) is 2. The Bertz CT molecular complexity index is 1470. The molecular weight excluding hydrogens is 526 g/mol. The average Bonchev–Trinajstić information content (AvgIpc) is 3.71. The van der Waals surface area contributed by atoms with Crippen molar-refractivity contribution in [2.45, 2.75) is 43.6 Å². The molecule has 12 heteroatoms. The molecule has 1 aromatic carbocycles. The summed E-state index contributed by atoms with van der Waals surface area (Å²) < 4.78 is 63.8. The summed E-state index contributed by atoms with van der Waals surface area (Å²) in [6.45, 7) is -0.518. The van der Waals surface area contributed by atoms with Crippen molar-refractivity contribution in [1.82, 2.24) is 9.55 Å². The Morgan fingerprint density at radius 2 is 1.89 bits per heavy atom. The van der Waals surface area contributed by atoms with Crippen LogP contribution in [0.15, 0.2) is 35.3 Å². The Labute approximate surface area is 220 Å². The number of hydrogen-bond acceptors (Lipinski definition) is 6. The number of fused-ring (bicyclic) bond motifs is 3. The highest BCUT2D eigenvalue weighted by Gasteiger charge is 2.51. The molecule has 3 aliphatic rings. The van der Waals surface area contributed by atoms with Gasteiger partial charge in [0, 0.05) is 50.1 Å². The Morgan fingerprint density at radius 1 is 1.16 bits per heavy atom. The molecule has 38 heavy (non-hydrogen) atoms. The number of aromatic nitrogens is 2. The molecule has 4 heterocycles. The Balaban J connectivity index is 1.36. The molecule has 2 aliphatic heterocycles. The second-order valence-corrected chi connectivity index (χ2v) is 10.7. The highest BCUT2D eigenvalue weighted by atomic mass is 35.5. The number of nitrogens with zero attached hydrogens (tertiary/aromatic N) is 3. The van der Waals surface area contributed by atoms with Gasteiger partial charge in [0.05, 0.1) is 34.2 Å². The Morgan fingerprint density at radius 3 is 2.61 bits per heavy atom. The predicted octanol–water partition coefficient (Wildman–Crippen LogP) is 5.78. The molecule has 3 aromatic rings. The molecule has 1 saturated carbocycles. The molecule has 0 spiro atoms. The van der Waals surface area contributed by atoms with Crippen LogP contribution in [0.5, 0.6) is 5.75 Å². The third-order valence-corrected chi connectivity index (χ3v) is 7.85. The lowest BCUT2D eigenvalue weighted by Gasteiger charge is -2.32. The molecule has 2 fully saturated rings. The van der Waals surface area contributed by atoms with Crippen LogP contribution in [0.3, 0.4) is 0 Å². The number of halogens is 5. The summed E-state index contributed by atoms with van der Waals surface area (Å²) in [6.07, 6.45) is 2.35. The van der Waals surface area contributed by atoms with Gasteiger partial charge < -0.3 is 24.8 Å². The monoisotopic (exact) mass is 551 g/mol. The van der Waals surface area contributed by atoms with Crippen LogP contribution in [0.25, 0.3) is 10.9 Å². The van der Waals surface area contributed by atoms with E-state index in [-0.39, 0.29) is 43.3 Å². The summed E-state index contributed by atoms with van der Waals surface area (Å²) in [4.78, 5) is 19.1. The topological polar surface area (TPSA) is 71.4 Å². The van der Waals surface area contributed by atoms with Crippen LogP contribution in [0.1, 0.15) is 25.7 Å². The van der Waals surface area contributed by atoms with Gasteiger partial charge in [-0.3, -0.25) is 4.79 Å². The fraction of sp³-hybridized carbons (Fsp3) is 0.462. The maximum atomic E-state index is 14.9. The molecule has 6 rings (SSSR count). The number of rotatable bonds is 4.